The second kappa shape index (κ2) is 14.4. The fourth-order valence-electron chi connectivity index (χ4n) is 3.85. The molecule has 1 saturated heterocycles. The first-order valence-electron chi connectivity index (χ1n) is 12.3. The number of hydrogen-bond donors (Lipinski definition) is 1. The van der Waals surface area contributed by atoms with Crippen molar-refractivity contribution in [2.75, 3.05) is 24.5 Å². The van der Waals surface area contributed by atoms with Gasteiger partial charge in [0.05, 0.1) is 17.7 Å². The van der Waals surface area contributed by atoms with Gasteiger partial charge in [0, 0.05) is 30.9 Å². The molecule has 3 rings (SSSR count). The lowest BCUT2D eigenvalue weighted by molar-refractivity contribution is -0.135. The molecular weight excluding hydrogens is 496 g/mol. The first kappa shape index (κ1) is 29.9. The molecule has 2 amide bonds. The zero-order chi connectivity index (χ0) is 27.4. The van der Waals surface area contributed by atoms with Crippen LogP contribution in [0.15, 0.2) is 59.5 Å². The highest BCUT2D eigenvalue weighted by Crippen LogP contribution is 2.20. The van der Waals surface area contributed by atoms with E-state index in [1.807, 2.05) is 6.92 Å². The second-order valence-electron chi connectivity index (χ2n) is 8.80. The summed E-state index contributed by atoms with van der Waals surface area (Å²) in [6, 6.07) is 13.9. The van der Waals surface area contributed by atoms with Crippen LogP contribution in [-0.2, 0) is 24.5 Å². The van der Waals surface area contributed by atoms with Crippen molar-refractivity contribution in [2.24, 2.45) is 0 Å². The number of likely N-dealkylation sites (tertiary alicyclic amines) is 1. The Kier molecular flexibility index (Phi) is 11.6. The van der Waals surface area contributed by atoms with Crippen molar-refractivity contribution >= 4 is 39.2 Å². The van der Waals surface area contributed by atoms with E-state index in [2.05, 4.69) is 0 Å². The van der Waals surface area contributed by atoms with Crippen molar-refractivity contribution in [3.63, 3.8) is 0 Å². The van der Waals surface area contributed by atoms with Gasteiger partial charge in [0.25, 0.3) is 10.1 Å². The molecule has 200 valence electrons. The number of anilines is 1. The van der Waals surface area contributed by atoms with Gasteiger partial charge in [0.2, 0.25) is 11.8 Å². The summed E-state index contributed by atoms with van der Waals surface area (Å²) in [5, 5.41) is 0. The molecule has 1 heterocycles. The monoisotopic (exact) mass is 530 g/mol. The van der Waals surface area contributed by atoms with Gasteiger partial charge in [-0.15, -0.1) is 0 Å². The van der Waals surface area contributed by atoms with Gasteiger partial charge in [-0.3, -0.25) is 23.7 Å². The molecule has 1 fully saturated rings. The maximum atomic E-state index is 12.5. The van der Waals surface area contributed by atoms with Gasteiger partial charge < -0.3 is 9.80 Å². The Morgan fingerprint density at radius 2 is 1.49 bits per heavy atom. The number of Topliss-reactive ketones (excluding diaryl/α,β-unsaturated/α-hetero) is 2. The molecule has 0 aliphatic carbocycles. The predicted octanol–water partition coefficient (Wildman–Crippen LogP) is 3.93. The molecule has 0 unspecified atom stereocenters. The Morgan fingerprint density at radius 3 is 2.00 bits per heavy atom. The Bertz CT molecular complexity index is 1170. The number of nitrogens with zero attached hydrogens (tertiary/aromatic N) is 2. The summed E-state index contributed by atoms with van der Waals surface area (Å²) in [6.45, 7) is 5.43. The van der Waals surface area contributed by atoms with Crippen LogP contribution in [0.5, 0.6) is 0 Å². The smallest absolute Gasteiger partial charge is 0.294 e. The van der Waals surface area contributed by atoms with E-state index in [1.165, 1.54) is 42.5 Å². The molecule has 0 spiro atoms. The van der Waals surface area contributed by atoms with Crippen LogP contribution in [0.2, 0.25) is 0 Å². The molecule has 1 aliphatic rings. The van der Waals surface area contributed by atoms with Gasteiger partial charge in [-0.05, 0) is 56.9 Å². The van der Waals surface area contributed by atoms with Crippen LogP contribution in [0.3, 0.4) is 0 Å². The number of amides is 2. The maximum Gasteiger partial charge on any atom is 0.294 e. The molecule has 1 aliphatic heterocycles. The molecule has 2 aromatic carbocycles. The molecule has 0 saturated carbocycles. The minimum atomic E-state index is -4.29. The first-order valence-corrected chi connectivity index (χ1v) is 13.7. The third-order valence-corrected chi connectivity index (χ3v) is 6.58. The van der Waals surface area contributed by atoms with Crippen LogP contribution in [0, 0.1) is 0 Å². The van der Waals surface area contributed by atoms with Gasteiger partial charge in [-0.2, -0.15) is 8.42 Å². The van der Waals surface area contributed by atoms with Crippen LogP contribution in [0.4, 0.5) is 5.69 Å². The average molecular weight is 531 g/mol. The fourth-order valence-corrected chi connectivity index (χ4v) is 4.33. The minimum absolute atomic E-state index is 0.00204. The quantitative estimate of drug-likeness (QED) is 0.295. The van der Waals surface area contributed by atoms with E-state index in [0.29, 0.717) is 24.2 Å². The minimum Gasteiger partial charge on any atom is -0.342 e. The zero-order valence-electron chi connectivity index (χ0n) is 21.3. The Labute approximate surface area is 218 Å². The maximum absolute atomic E-state index is 12.5. The predicted molar refractivity (Wildman–Crippen MR) is 140 cm³/mol. The van der Waals surface area contributed by atoms with E-state index >= 15 is 0 Å². The van der Waals surface area contributed by atoms with Crippen molar-refractivity contribution < 1.29 is 32.1 Å². The number of benzene rings is 2. The average Bonchev–Trinajstić information content (AvgIpc) is 2.88. The number of carbonyl (C=O) groups is 4. The number of hydrogen-bond acceptors (Lipinski definition) is 6. The van der Waals surface area contributed by atoms with Crippen LogP contribution in [-0.4, -0.2) is 60.9 Å². The SMILES string of the molecule is CC(=O)CC(=O)N1CCCCC1.CCCN(C(=O)CC(=O)c1ccccc1)c1ccc(S(=O)(=O)O)cc1. The van der Waals surface area contributed by atoms with Gasteiger partial charge in [0.15, 0.2) is 5.78 Å². The summed E-state index contributed by atoms with van der Waals surface area (Å²) in [4.78, 5) is 49.7. The van der Waals surface area contributed by atoms with Gasteiger partial charge in [-0.1, -0.05) is 37.3 Å². The highest BCUT2D eigenvalue weighted by atomic mass is 32.2. The topological polar surface area (TPSA) is 129 Å². The van der Waals surface area contributed by atoms with Crippen LogP contribution in [0.1, 0.15) is 62.7 Å². The largest absolute Gasteiger partial charge is 0.342 e. The molecule has 0 bridgehead atoms. The number of piperidine rings is 1. The molecule has 0 atom stereocenters. The summed E-state index contributed by atoms with van der Waals surface area (Å²) >= 11 is 0. The normalized spacial score (nSPS) is 13.2. The summed E-state index contributed by atoms with van der Waals surface area (Å²) in [6.07, 6.45) is 3.87. The Hall–Kier alpha value is -3.37. The second-order valence-corrected chi connectivity index (χ2v) is 10.2. The number of ketones is 2. The van der Waals surface area contributed by atoms with Crippen LogP contribution in [0.25, 0.3) is 0 Å². The summed E-state index contributed by atoms with van der Waals surface area (Å²) in [7, 11) is -4.29. The number of rotatable bonds is 9. The van der Waals surface area contributed by atoms with Crippen molar-refractivity contribution in [1.82, 2.24) is 4.90 Å². The van der Waals surface area contributed by atoms with Crippen molar-refractivity contribution in [2.45, 2.75) is 57.3 Å². The van der Waals surface area contributed by atoms with E-state index in [4.69, 9.17) is 4.55 Å². The van der Waals surface area contributed by atoms with Gasteiger partial charge >= 0.3 is 0 Å². The van der Waals surface area contributed by atoms with E-state index in [0.717, 1.165) is 25.9 Å². The highest BCUT2D eigenvalue weighted by Gasteiger charge is 2.20. The van der Waals surface area contributed by atoms with Crippen LogP contribution >= 0.6 is 0 Å². The fraction of sp³-hybridized carbons (Fsp3) is 0.407. The van der Waals surface area contributed by atoms with E-state index < -0.39 is 10.1 Å². The molecular formula is C27H34N2O7S. The van der Waals surface area contributed by atoms with E-state index in [1.54, 1.807) is 35.2 Å². The zero-order valence-corrected chi connectivity index (χ0v) is 22.1. The third kappa shape index (κ3) is 9.89. The van der Waals surface area contributed by atoms with E-state index in [9.17, 15) is 27.6 Å². The molecule has 37 heavy (non-hydrogen) atoms. The standard InChI is InChI=1S/C18H19NO5S.C9H15NO2/c1-2-12-19(15-8-10-16(11-9-15)25(22,23)24)18(21)13-17(20)14-6-4-3-5-7-14;1-8(11)7-9(12)10-5-3-2-4-6-10/h3-11H,2,12-13H2,1H3,(H,22,23,24);2-7H2,1H3. The van der Waals surface area contributed by atoms with Crippen molar-refractivity contribution in [1.29, 1.82) is 0 Å². The molecule has 1 N–H and O–H groups in total. The van der Waals surface area contributed by atoms with Crippen molar-refractivity contribution in [3.05, 3.63) is 60.2 Å². The molecule has 10 heteroatoms. The molecule has 0 radical (unpaired) electrons. The first-order chi connectivity index (χ1) is 17.5. The molecule has 9 nitrogen and oxygen atoms in total. The van der Waals surface area contributed by atoms with E-state index in [-0.39, 0.29) is 41.1 Å². The van der Waals surface area contributed by atoms with Gasteiger partial charge in [-0.25, -0.2) is 0 Å². The lowest BCUT2D eigenvalue weighted by atomic mass is 10.1. The van der Waals surface area contributed by atoms with Gasteiger partial charge in [0.1, 0.15) is 5.78 Å². The van der Waals surface area contributed by atoms with Crippen molar-refractivity contribution in [3.8, 4) is 0 Å². The molecule has 0 aromatic heterocycles. The lowest BCUT2D eigenvalue weighted by Crippen LogP contribution is -2.36. The molecule has 2 aromatic rings. The summed E-state index contributed by atoms with van der Waals surface area (Å²) < 4.78 is 31.2. The highest BCUT2D eigenvalue weighted by molar-refractivity contribution is 7.85. The third-order valence-electron chi connectivity index (χ3n) is 5.71. The lowest BCUT2D eigenvalue weighted by Gasteiger charge is -2.26. The summed E-state index contributed by atoms with van der Waals surface area (Å²) in [5.41, 5.74) is 0.939. The Morgan fingerprint density at radius 1 is 0.892 bits per heavy atom. The number of carbonyl (C=O) groups excluding carboxylic acids is 4. The van der Waals surface area contributed by atoms with Crippen LogP contribution < -0.4 is 4.90 Å². The summed E-state index contributed by atoms with van der Waals surface area (Å²) in [5.74, 6) is -0.677. The Balaban J connectivity index is 0.000000335.